The monoisotopic (exact) mass is 300 g/mol. The molecule has 0 saturated carbocycles. The molecule has 0 unspecified atom stereocenters. The Kier molecular flexibility index (Phi) is 14.3. The first kappa shape index (κ1) is 21.2. The molecule has 0 spiro atoms. The van der Waals surface area contributed by atoms with Crippen molar-refractivity contribution in [2.24, 2.45) is 0 Å². The van der Waals surface area contributed by atoms with Crippen molar-refractivity contribution in [1.82, 2.24) is 0 Å². The smallest absolute Gasteiger partial charge is 0.200 e. The van der Waals surface area contributed by atoms with Gasteiger partial charge in [-0.1, -0.05) is 27.7 Å². The van der Waals surface area contributed by atoms with E-state index >= 15 is 0 Å². The van der Waals surface area contributed by atoms with E-state index in [1.54, 1.807) is 27.7 Å². The molecule has 0 aromatic carbocycles. The van der Waals surface area contributed by atoms with Gasteiger partial charge in [0.15, 0.2) is 14.7 Å². The molecule has 0 amide bonds. The van der Waals surface area contributed by atoms with E-state index in [1.165, 1.54) is 0 Å². The van der Waals surface area contributed by atoms with Crippen LogP contribution in [-0.4, -0.2) is 34.4 Å². The van der Waals surface area contributed by atoms with Crippen molar-refractivity contribution < 1.29 is 36.0 Å². The molecule has 0 rings (SSSR count). The van der Waals surface area contributed by atoms with Crippen molar-refractivity contribution in [2.45, 2.75) is 27.7 Å². The molecule has 0 bridgehead atoms. The summed E-state index contributed by atoms with van der Waals surface area (Å²) in [4.78, 5) is 17.4. The second-order valence-corrected chi connectivity index (χ2v) is 8.87. The molecule has 96 valence electrons. The van der Waals surface area contributed by atoms with E-state index in [9.17, 15) is 9.13 Å². The maximum atomic E-state index is 10.5. The van der Waals surface area contributed by atoms with Crippen LogP contribution in [0.2, 0.25) is 0 Å². The van der Waals surface area contributed by atoms with Gasteiger partial charge in [0.05, 0.1) is 0 Å². The summed E-state index contributed by atoms with van der Waals surface area (Å²) in [6.07, 6.45) is 1.62. The predicted octanol–water partition coefficient (Wildman–Crippen LogP) is 2.59. The number of rotatable bonds is 4. The van der Waals surface area contributed by atoms with E-state index in [1.807, 2.05) is 0 Å². The van der Waals surface area contributed by atoms with E-state index in [0.29, 0.717) is 24.6 Å². The Morgan fingerprint density at radius 1 is 0.733 bits per heavy atom. The van der Waals surface area contributed by atoms with E-state index in [4.69, 9.17) is 9.79 Å². The van der Waals surface area contributed by atoms with Crippen molar-refractivity contribution >= 4 is 14.7 Å². The largest absolute Gasteiger partial charge is 0.344 e. The topological polar surface area (TPSA) is 74.6 Å². The average Bonchev–Trinajstić information content (AvgIpc) is 2.19. The van der Waals surface area contributed by atoms with Crippen LogP contribution in [0.3, 0.4) is 0 Å². The van der Waals surface area contributed by atoms with Crippen LogP contribution in [0.25, 0.3) is 0 Å². The summed E-state index contributed by atoms with van der Waals surface area (Å²) >= 11 is 0. The van der Waals surface area contributed by atoms with Gasteiger partial charge in [-0.05, 0) is 0 Å². The Bertz CT molecular complexity index is 193. The van der Waals surface area contributed by atoms with Gasteiger partial charge >= 0.3 is 0 Å². The van der Waals surface area contributed by atoms with Gasteiger partial charge in [-0.15, -0.1) is 0 Å². The minimum Gasteiger partial charge on any atom is -0.344 e. The summed E-state index contributed by atoms with van der Waals surface area (Å²) in [5.41, 5.74) is 0. The van der Waals surface area contributed by atoms with Gasteiger partial charge in [0.2, 0.25) is 0 Å². The molecule has 4 nitrogen and oxygen atoms in total. The van der Waals surface area contributed by atoms with Gasteiger partial charge in [-0.2, -0.15) is 0 Å². The Morgan fingerprint density at radius 3 is 0.867 bits per heavy atom. The summed E-state index contributed by atoms with van der Waals surface area (Å²) < 4.78 is 21.0. The van der Waals surface area contributed by atoms with Crippen LogP contribution in [0.5, 0.6) is 0 Å². The van der Waals surface area contributed by atoms with Gasteiger partial charge in [-0.3, -0.25) is 9.13 Å². The first-order valence-electron chi connectivity index (χ1n) is 4.86. The van der Waals surface area contributed by atoms with Crippen molar-refractivity contribution in [3.63, 3.8) is 0 Å². The quantitative estimate of drug-likeness (QED) is 0.618. The minimum absolute atomic E-state index is 0. The third-order valence-corrected chi connectivity index (χ3v) is 5.93. The molecule has 0 aromatic heterocycles. The molecule has 0 aliphatic rings. The van der Waals surface area contributed by atoms with Crippen LogP contribution in [0.4, 0.5) is 0 Å². The second-order valence-electron chi connectivity index (χ2n) is 2.96. The van der Waals surface area contributed by atoms with E-state index in [0.717, 1.165) is 0 Å². The standard InChI is InChI=1S/2C4H11O2P.Fe/c2*1-3-7(5,6)4-2;/h2*3-4H2,1-2H3,(H,5,6);. The molecular weight excluding hydrogens is 278 g/mol. The van der Waals surface area contributed by atoms with Crippen molar-refractivity contribution in [2.75, 3.05) is 24.6 Å². The summed E-state index contributed by atoms with van der Waals surface area (Å²) in [7, 11) is -5.31. The van der Waals surface area contributed by atoms with Crippen LogP contribution in [0.1, 0.15) is 27.7 Å². The van der Waals surface area contributed by atoms with Crippen LogP contribution < -0.4 is 0 Å². The predicted molar refractivity (Wildman–Crippen MR) is 61.8 cm³/mol. The Balaban J connectivity index is -0.000000180. The van der Waals surface area contributed by atoms with Crippen molar-refractivity contribution in [1.29, 1.82) is 0 Å². The fraction of sp³-hybridized carbons (Fsp3) is 1.00. The van der Waals surface area contributed by atoms with Gasteiger partial charge in [0.25, 0.3) is 0 Å². The molecular formula is C8H22FeO4P2. The van der Waals surface area contributed by atoms with E-state index in [2.05, 4.69) is 0 Å². The average molecular weight is 300 g/mol. The van der Waals surface area contributed by atoms with E-state index in [-0.39, 0.29) is 17.1 Å². The third kappa shape index (κ3) is 14.9. The maximum Gasteiger partial charge on any atom is 0.200 e. The zero-order chi connectivity index (χ0) is 11.8. The minimum atomic E-state index is -2.65. The van der Waals surface area contributed by atoms with Gasteiger partial charge in [-0.25, -0.2) is 0 Å². The zero-order valence-corrected chi connectivity index (χ0v) is 12.7. The number of hydrogen-bond donors (Lipinski definition) is 2. The van der Waals surface area contributed by atoms with Crippen molar-refractivity contribution in [3.8, 4) is 0 Å². The van der Waals surface area contributed by atoms with Crippen LogP contribution in [0.15, 0.2) is 0 Å². The van der Waals surface area contributed by atoms with Crippen LogP contribution >= 0.6 is 14.7 Å². The molecule has 7 heteroatoms. The Hall–Kier alpha value is 0.899. The van der Waals surface area contributed by atoms with Gasteiger partial charge < -0.3 is 9.79 Å². The number of hydrogen-bond acceptors (Lipinski definition) is 2. The molecule has 0 heterocycles. The van der Waals surface area contributed by atoms with Crippen LogP contribution in [-0.2, 0) is 26.2 Å². The third-order valence-electron chi connectivity index (χ3n) is 1.98. The molecule has 0 fully saturated rings. The second kappa shape index (κ2) is 10.1. The first-order valence-corrected chi connectivity index (χ1v) is 8.92. The molecule has 0 aromatic rings. The SMILES string of the molecule is CCP(=O)(O)CC.CCP(=O)(O)CC.[Fe]. The van der Waals surface area contributed by atoms with Crippen molar-refractivity contribution in [3.05, 3.63) is 0 Å². The molecule has 2 N–H and O–H groups in total. The molecule has 15 heavy (non-hydrogen) atoms. The van der Waals surface area contributed by atoms with E-state index < -0.39 is 14.7 Å². The summed E-state index contributed by atoms with van der Waals surface area (Å²) in [6, 6.07) is 0. The Morgan fingerprint density at radius 2 is 0.867 bits per heavy atom. The molecule has 0 aliphatic carbocycles. The normalized spacial score (nSPS) is 11.1. The Labute approximate surface area is 103 Å². The summed E-state index contributed by atoms with van der Waals surface area (Å²) in [5, 5.41) is 0. The summed E-state index contributed by atoms with van der Waals surface area (Å²) in [5.74, 6) is 0. The molecule has 0 saturated heterocycles. The molecule has 0 aliphatic heterocycles. The first-order chi connectivity index (χ1) is 6.24. The zero-order valence-electron chi connectivity index (χ0n) is 9.79. The fourth-order valence-electron chi connectivity index (χ4n) is 0.447. The summed E-state index contributed by atoms with van der Waals surface area (Å²) in [6.45, 7) is 6.91. The molecule has 0 radical (unpaired) electrons. The maximum absolute atomic E-state index is 10.5. The molecule has 0 atom stereocenters. The van der Waals surface area contributed by atoms with Crippen LogP contribution in [0, 0.1) is 0 Å². The van der Waals surface area contributed by atoms with Gasteiger partial charge in [0.1, 0.15) is 0 Å². The fourth-order valence-corrected chi connectivity index (χ4v) is 1.34. The van der Waals surface area contributed by atoms with Gasteiger partial charge in [0, 0.05) is 41.7 Å².